The molecule has 1 aliphatic carbocycles. The Kier molecular flexibility index (Phi) is 7.26. The number of hydrogen-bond acceptors (Lipinski definition) is 3. The second kappa shape index (κ2) is 8.20. The molecular weight excluding hydrogens is 300 g/mol. The first-order valence-corrected chi connectivity index (χ1v) is 9.25. The minimum absolute atomic E-state index is 0.0463. The Hall–Kier alpha value is -0.330. The molecule has 1 amide bonds. The molecule has 0 heterocycles. The van der Waals surface area contributed by atoms with E-state index in [4.69, 9.17) is 11.6 Å². The number of rotatable bonds is 7. The molecule has 0 saturated heterocycles. The van der Waals surface area contributed by atoms with Crippen LogP contribution in [-0.2, 0) is 14.8 Å². The molecule has 0 bridgehead atoms. The van der Waals surface area contributed by atoms with Crippen LogP contribution in [0.1, 0.15) is 32.1 Å². The summed E-state index contributed by atoms with van der Waals surface area (Å²) in [6, 6.07) is 0. The molecule has 0 aliphatic heterocycles. The molecule has 0 N–H and O–H groups in total. The maximum absolute atomic E-state index is 11.9. The van der Waals surface area contributed by atoms with Crippen LogP contribution in [0.25, 0.3) is 0 Å². The highest BCUT2D eigenvalue weighted by atomic mass is 35.5. The molecular formula is C13H25ClN2O3S. The summed E-state index contributed by atoms with van der Waals surface area (Å²) in [6.07, 6.45) is 5.89. The standard InChI is InChI=1S/C13H25ClN2O3S/c1-15(2)20(18,19)9-8-16(13(17)10-14)11-12-6-4-3-5-7-12/h12H,3-11H2,1-2H3. The van der Waals surface area contributed by atoms with E-state index in [9.17, 15) is 13.2 Å². The van der Waals surface area contributed by atoms with Gasteiger partial charge >= 0.3 is 0 Å². The number of amides is 1. The smallest absolute Gasteiger partial charge is 0.237 e. The molecule has 0 aromatic carbocycles. The lowest BCUT2D eigenvalue weighted by atomic mass is 9.89. The van der Waals surface area contributed by atoms with Crippen LogP contribution in [0.4, 0.5) is 0 Å². The quantitative estimate of drug-likeness (QED) is 0.667. The summed E-state index contributed by atoms with van der Waals surface area (Å²) in [4.78, 5) is 13.5. The molecule has 0 aromatic heterocycles. The third-order valence-corrected chi connectivity index (χ3v) is 5.89. The lowest BCUT2D eigenvalue weighted by Gasteiger charge is -2.29. The number of hydrogen-bond donors (Lipinski definition) is 0. The minimum Gasteiger partial charge on any atom is -0.340 e. The number of alkyl halides is 1. The van der Waals surface area contributed by atoms with E-state index in [0.717, 1.165) is 12.8 Å². The highest BCUT2D eigenvalue weighted by Gasteiger charge is 2.23. The lowest BCUT2D eigenvalue weighted by Crippen LogP contribution is -2.41. The van der Waals surface area contributed by atoms with Crippen molar-refractivity contribution in [2.45, 2.75) is 32.1 Å². The zero-order valence-corrected chi connectivity index (χ0v) is 13.9. The van der Waals surface area contributed by atoms with Crippen LogP contribution in [0, 0.1) is 5.92 Å². The summed E-state index contributed by atoms with van der Waals surface area (Å²) in [5, 5.41) is 0. The summed E-state index contributed by atoms with van der Waals surface area (Å²) >= 11 is 5.63. The Bertz CT molecular complexity index is 406. The van der Waals surface area contributed by atoms with Gasteiger partial charge in [0.25, 0.3) is 0 Å². The van der Waals surface area contributed by atoms with Crippen molar-refractivity contribution in [2.24, 2.45) is 5.92 Å². The van der Waals surface area contributed by atoms with Gasteiger partial charge in [0.1, 0.15) is 5.88 Å². The van der Waals surface area contributed by atoms with Crippen molar-refractivity contribution in [1.82, 2.24) is 9.21 Å². The van der Waals surface area contributed by atoms with E-state index < -0.39 is 10.0 Å². The lowest BCUT2D eigenvalue weighted by molar-refractivity contribution is -0.129. The number of halogens is 1. The van der Waals surface area contributed by atoms with Gasteiger partial charge in [0.15, 0.2) is 0 Å². The Labute approximate surface area is 127 Å². The topological polar surface area (TPSA) is 57.7 Å². The van der Waals surface area contributed by atoms with Crippen LogP contribution >= 0.6 is 11.6 Å². The maximum atomic E-state index is 11.9. The first kappa shape index (κ1) is 17.7. The second-order valence-corrected chi connectivity index (χ2v) is 8.15. The molecule has 1 saturated carbocycles. The number of sulfonamides is 1. The molecule has 1 rings (SSSR count). The summed E-state index contributed by atoms with van der Waals surface area (Å²) in [7, 11) is -0.271. The zero-order valence-electron chi connectivity index (χ0n) is 12.3. The third kappa shape index (κ3) is 5.58. The fraction of sp³-hybridized carbons (Fsp3) is 0.923. The van der Waals surface area contributed by atoms with E-state index in [1.54, 1.807) is 4.90 Å². The van der Waals surface area contributed by atoms with E-state index >= 15 is 0 Å². The molecule has 0 atom stereocenters. The average Bonchev–Trinajstić information content (AvgIpc) is 2.43. The number of carbonyl (C=O) groups excluding carboxylic acids is 1. The average molecular weight is 325 g/mol. The van der Waals surface area contributed by atoms with E-state index in [-0.39, 0.29) is 24.1 Å². The molecule has 1 fully saturated rings. The summed E-state index contributed by atoms with van der Waals surface area (Å²) < 4.78 is 24.8. The summed E-state index contributed by atoms with van der Waals surface area (Å²) in [5.74, 6) is 0.175. The van der Waals surface area contributed by atoms with Crippen molar-refractivity contribution >= 4 is 27.5 Å². The van der Waals surface area contributed by atoms with Crippen molar-refractivity contribution in [3.63, 3.8) is 0 Å². The van der Waals surface area contributed by atoms with Crippen LogP contribution in [0.5, 0.6) is 0 Å². The maximum Gasteiger partial charge on any atom is 0.237 e. The summed E-state index contributed by atoms with van der Waals surface area (Å²) in [5.41, 5.74) is 0. The van der Waals surface area contributed by atoms with E-state index in [1.807, 2.05) is 0 Å². The van der Waals surface area contributed by atoms with Crippen LogP contribution in [0.3, 0.4) is 0 Å². The molecule has 0 radical (unpaired) electrons. The molecule has 1 aliphatic rings. The van der Waals surface area contributed by atoms with Crippen LogP contribution in [0.15, 0.2) is 0 Å². The van der Waals surface area contributed by atoms with Crippen molar-refractivity contribution in [1.29, 1.82) is 0 Å². The largest absolute Gasteiger partial charge is 0.340 e. The van der Waals surface area contributed by atoms with Gasteiger partial charge < -0.3 is 4.90 Å². The minimum atomic E-state index is -3.28. The highest BCUT2D eigenvalue weighted by Crippen LogP contribution is 2.24. The number of carbonyl (C=O) groups is 1. The number of nitrogens with zero attached hydrogens (tertiary/aromatic N) is 2. The van der Waals surface area contributed by atoms with Gasteiger partial charge in [0.2, 0.25) is 15.9 Å². The van der Waals surface area contributed by atoms with Gasteiger partial charge in [-0.2, -0.15) is 0 Å². The highest BCUT2D eigenvalue weighted by molar-refractivity contribution is 7.89. The van der Waals surface area contributed by atoms with Gasteiger partial charge in [-0.3, -0.25) is 4.79 Å². The molecule has 5 nitrogen and oxygen atoms in total. The van der Waals surface area contributed by atoms with Crippen molar-refractivity contribution in [3.05, 3.63) is 0 Å². The fourth-order valence-electron chi connectivity index (χ4n) is 2.49. The first-order chi connectivity index (χ1) is 9.36. The van der Waals surface area contributed by atoms with Gasteiger partial charge in [-0.05, 0) is 18.8 Å². The van der Waals surface area contributed by atoms with Crippen molar-refractivity contribution in [2.75, 3.05) is 38.8 Å². The first-order valence-electron chi connectivity index (χ1n) is 7.10. The van der Waals surface area contributed by atoms with Gasteiger partial charge in [-0.25, -0.2) is 12.7 Å². The predicted octanol–water partition coefficient (Wildman–Crippen LogP) is 1.53. The Morgan fingerprint density at radius 2 is 1.80 bits per heavy atom. The monoisotopic (exact) mass is 324 g/mol. The van der Waals surface area contributed by atoms with Gasteiger partial charge in [-0.15, -0.1) is 11.6 Å². The molecule has 7 heteroatoms. The molecule has 20 heavy (non-hydrogen) atoms. The molecule has 0 unspecified atom stereocenters. The van der Waals surface area contributed by atoms with Crippen molar-refractivity contribution < 1.29 is 13.2 Å². The molecule has 0 aromatic rings. The zero-order chi connectivity index (χ0) is 15.2. The molecule has 118 valence electrons. The second-order valence-electron chi connectivity index (χ2n) is 5.58. The Balaban J connectivity index is 2.58. The van der Waals surface area contributed by atoms with Gasteiger partial charge in [0, 0.05) is 27.2 Å². The van der Waals surface area contributed by atoms with E-state index in [2.05, 4.69) is 0 Å². The summed E-state index contributed by atoms with van der Waals surface area (Å²) in [6.45, 7) is 0.858. The van der Waals surface area contributed by atoms with E-state index in [0.29, 0.717) is 12.5 Å². The van der Waals surface area contributed by atoms with Crippen molar-refractivity contribution in [3.8, 4) is 0 Å². The Morgan fingerprint density at radius 1 is 1.20 bits per heavy atom. The molecule has 0 spiro atoms. The SMILES string of the molecule is CN(C)S(=O)(=O)CCN(CC1CCCCC1)C(=O)CCl. The van der Waals surface area contributed by atoms with Crippen LogP contribution in [-0.4, -0.2) is 62.3 Å². The normalized spacial score (nSPS) is 17.4. The van der Waals surface area contributed by atoms with Crippen LogP contribution < -0.4 is 0 Å². The Morgan fingerprint density at radius 3 is 2.30 bits per heavy atom. The fourth-order valence-corrected chi connectivity index (χ4v) is 3.48. The van der Waals surface area contributed by atoms with Gasteiger partial charge in [-0.1, -0.05) is 19.3 Å². The van der Waals surface area contributed by atoms with Gasteiger partial charge in [0.05, 0.1) is 5.75 Å². The van der Waals surface area contributed by atoms with E-state index in [1.165, 1.54) is 37.7 Å². The predicted molar refractivity (Wildman–Crippen MR) is 81.3 cm³/mol. The van der Waals surface area contributed by atoms with Crippen LogP contribution in [0.2, 0.25) is 0 Å². The third-order valence-electron chi connectivity index (χ3n) is 3.85.